The molecule has 7 nitrogen and oxygen atoms in total. The molecule has 0 radical (unpaired) electrons. The van der Waals surface area contributed by atoms with Crippen LogP contribution in [0.3, 0.4) is 0 Å². The third kappa shape index (κ3) is 6.13. The Balaban J connectivity index is 1.66. The van der Waals surface area contributed by atoms with Gasteiger partial charge in [0.05, 0.1) is 6.61 Å². The number of carbonyl (C=O) groups excluding carboxylic acids is 1. The number of hydrazine groups is 1. The fourth-order valence-corrected chi connectivity index (χ4v) is 4.39. The zero-order chi connectivity index (χ0) is 26.8. The third-order valence-electron chi connectivity index (χ3n) is 6.38. The van der Waals surface area contributed by atoms with Crippen molar-refractivity contribution in [2.45, 2.75) is 37.8 Å². The molecule has 4 rings (SSSR count). The maximum atomic E-state index is 13.6. The van der Waals surface area contributed by atoms with E-state index in [0.29, 0.717) is 37.6 Å². The predicted molar refractivity (Wildman–Crippen MR) is 150 cm³/mol. The van der Waals surface area contributed by atoms with Crippen molar-refractivity contribution in [2.75, 3.05) is 19.8 Å². The van der Waals surface area contributed by atoms with Gasteiger partial charge in [-0.25, -0.2) is 10.4 Å². The summed E-state index contributed by atoms with van der Waals surface area (Å²) in [5, 5.41) is 8.97. The molecule has 0 aromatic heterocycles. The average Bonchev–Trinajstić information content (AvgIpc) is 3.35. The van der Waals surface area contributed by atoms with Crippen LogP contribution in [0.25, 0.3) is 11.1 Å². The first-order valence-corrected chi connectivity index (χ1v) is 13.0. The van der Waals surface area contributed by atoms with Crippen LogP contribution in [0.15, 0.2) is 96.5 Å². The highest BCUT2D eigenvalue weighted by atomic mass is 16.5. The summed E-state index contributed by atoms with van der Waals surface area (Å²) >= 11 is 0. The number of carbonyl (C=O) groups is 1. The second kappa shape index (κ2) is 13.0. The first-order valence-electron chi connectivity index (χ1n) is 13.0. The SMILES string of the molecule is C=CC[C@]1(C(=O)NNCCC)N=C(c2ccc(OCCCO)cc2)O[C@H]1c1ccc(-c2ccccc2)cc1. The van der Waals surface area contributed by atoms with Crippen molar-refractivity contribution in [3.63, 3.8) is 0 Å². The molecule has 3 aromatic carbocycles. The Morgan fingerprint density at radius 3 is 2.39 bits per heavy atom. The van der Waals surface area contributed by atoms with Crippen molar-refractivity contribution in [3.8, 4) is 16.9 Å². The molecule has 0 saturated carbocycles. The Morgan fingerprint density at radius 2 is 1.74 bits per heavy atom. The van der Waals surface area contributed by atoms with Crippen LogP contribution in [-0.4, -0.2) is 42.2 Å². The predicted octanol–water partition coefficient (Wildman–Crippen LogP) is 4.98. The lowest BCUT2D eigenvalue weighted by Gasteiger charge is -2.29. The van der Waals surface area contributed by atoms with E-state index < -0.39 is 11.6 Å². The van der Waals surface area contributed by atoms with Crippen LogP contribution in [0.1, 0.15) is 43.4 Å². The minimum atomic E-state index is -1.23. The fraction of sp³-hybridized carbons (Fsp3) is 0.290. The van der Waals surface area contributed by atoms with Crippen molar-refractivity contribution in [2.24, 2.45) is 4.99 Å². The molecule has 198 valence electrons. The number of nitrogens with one attached hydrogen (secondary N) is 2. The highest BCUT2D eigenvalue weighted by molar-refractivity contribution is 6.01. The summed E-state index contributed by atoms with van der Waals surface area (Å²) in [5.74, 6) is 0.797. The van der Waals surface area contributed by atoms with E-state index in [2.05, 4.69) is 29.6 Å². The van der Waals surface area contributed by atoms with Gasteiger partial charge in [0.15, 0.2) is 11.6 Å². The van der Waals surface area contributed by atoms with Crippen LogP contribution in [0.2, 0.25) is 0 Å². The summed E-state index contributed by atoms with van der Waals surface area (Å²) in [6.45, 7) is 7.10. The highest BCUT2D eigenvalue weighted by Gasteiger charge is 2.52. The molecule has 3 aromatic rings. The quantitative estimate of drug-likeness (QED) is 0.170. The zero-order valence-corrected chi connectivity index (χ0v) is 21.7. The zero-order valence-electron chi connectivity index (χ0n) is 21.7. The van der Waals surface area contributed by atoms with Crippen molar-refractivity contribution in [1.82, 2.24) is 10.9 Å². The normalized spacial score (nSPS) is 18.4. The molecule has 0 saturated heterocycles. The van der Waals surface area contributed by atoms with Crippen LogP contribution in [0, 0.1) is 0 Å². The van der Waals surface area contributed by atoms with Crippen molar-refractivity contribution in [1.29, 1.82) is 0 Å². The molecule has 0 bridgehead atoms. The summed E-state index contributed by atoms with van der Waals surface area (Å²) in [6, 6.07) is 25.6. The monoisotopic (exact) mass is 513 g/mol. The summed E-state index contributed by atoms with van der Waals surface area (Å²) < 4.78 is 12.1. The molecule has 3 N–H and O–H groups in total. The molecule has 0 fully saturated rings. The van der Waals surface area contributed by atoms with E-state index >= 15 is 0 Å². The van der Waals surface area contributed by atoms with Crippen LogP contribution in [-0.2, 0) is 9.53 Å². The topological polar surface area (TPSA) is 92.2 Å². The van der Waals surface area contributed by atoms with Gasteiger partial charge >= 0.3 is 0 Å². The first kappa shape index (κ1) is 27.1. The maximum Gasteiger partial charge on any atom is 0.266 e. The maximum absolute atomic E-state index is 13.6. The second-order valence-electron chi connectivity index (χ2n) is 9.15. The Bertz CT molecular complexity index is 1230. The van der Waals surface area contributed by atoms with Gasteiger partial charge in [0.1, 0.15) is 5.75 Å². The molecule has 1 aliphatic rings. The molecular weight excluding hydrogens is 478 g/mol. The summed E-state index contributed by atoms with van der Waals surface area (Å²) in [6.07, 6.45) is 2.79. The van der Waals surface area contributed by atoms with Gasteiger partial charge < -0.3 is 14.6 Å². The largest absolute Gasteiger partial charge is 0.494 e. The van der Waals surface area contributed by atoms with Gasteiger partial charge in [-0.3, -0.25) is 10.2 Å². The van der Waals surface area contributed by atoms with Crippen LogP contribution < -0.4 is 15.6 Å². The molecule has 1 heterocycles. The molecule has 1 amide bonds. The Morgan fingerprint density at radius 1 is 1.05 bits per heavy atom. The molecule has 0 spiro atoms. The van der Waals surface area contributed by atoms with Crippen LogP contribution in [0.4, 0.5) is 0 Å². The fourth-order valence-electron chi connectivity index (χ4n) is 4.39. The van der Waals surface area contributed by atoms with Gasteiger partial charge in [-0.05, 0) is 47.4 Å². The molecule has 2 atom stereocenters. The lowest BCUT2D eigenvalue weighted by Crippen LogP contribution is -2.52. The van der Waals surface area contributed by atoms with Gasteiger partial charge in [-0.2, -0.15) is 0 Å². The van der Waals surface area contributed by atoms with Crippen LogP contribution in [0.5, 0.6) is 5.75 Å². The second-order valence-corrected chi connectivity index (χ2v) is 9.15. The van der Waals surface area contributed by atoms with E-state index in [1.165, 1.54) is 0 Å². The van der Waals surface area contributed by atoms with E-state index in [1.54, 1.807) is 6.08 Å². The smallest absolute Gasteiger partial charge is 0.266 e. The molecular formula is C31H35N3O4. The number of hydrogen-bond donors (Lipinski definition) is 3. The van der Waals surface area contributed by atoms with Gasteiger partial charge in [-0.1, -0.05) is 67.6 Å². The highest BCUT2D eigenvalue weighted by Crippen LogP contribution is 2.43. The summed E-state index contributed by atoms with van der Waals surface area (Å²) in [7, 11) is 0. The lowest BCUT2D eigenvalue weighted by atomic mass is 9.84. The number of aliphatic hydroxyl groups excluding tert-OH is 1. The van der Waals surface area contributed by atoms with Crippen molar-refractivity contribution in [3.05, 3.63) is 103 Å². The number of hydrogen-bond acceptors (Lipinski definition) is 6. The number of benzene rings is 3. The molecule has 0 unspecified atom stereocenters. The standard InChI is InChI=1S/C31H35N3O4/c1-3-19-31(30(36)34-32-20-4-2)28(25-13-11-24(12-14-25)23-9-6-5-7-10-23)38-29(33-31)26-15-17-27(18-16-26)37-22-8-21-35/h3,5-7,9-18,28,32,35H,1,4,8,19-22H2,2H3,(H,34,36)/t28-,31-/m0/s1. The lowest BCUT2D eigenvalue weighted by molar-refractivity contribution is -0.129. The molecule has 1 aliphatic heterocycles. The third-order valence-corrected chi connectivity index (χ3v) is 6.38. The van der Waals surface area contributed by atoms with E-state index in [0.717, 1.165) is 28.7 Å². The molecule has 7 heteroatoms. The minimum absolute atomic E-state index is 0.0804. The van der Waals surface area contributed by atoms with Gasteiger partial charge in [0, 0.05) is 31.6 Å². The Kier molecular flexibility index (Phi) is 9.30. The Labute approximate surface area is 224 Å². The van der Waals surface area contributed by atoms with Gasteiger partial charge in [-0.15, -0.1) is 6.58 Å². The van der Waals surface area contributed by atoms with E-state index in [9.17, 15) is 4.79 Å². The number of nitrogens with zero attached hydrogens (tertiary/aromatic N) is 1. The average molecular weight is 514 g/mol. The number of aliphatic imine (C=N–C) groups is 1. The van der Waals surface area contributed by atoms with Crippen LogP contribution >= 0.6 is 0 Å². The van der Waals surface area contributed by atoms with Crippen molar-refractivity contribution >= 4 is 11.8 Å². The van der Waals surface area contributed by atoms with E-state index in [4.69, 9.17) is 19.6 Å². The number of amides is 1. The number of rotatable bonds is 13. The van der Waals surface area contributed by atoms with E-state index in [1.807, 2.05) is 73.7 Å². The minimum Gasteiger partial charge on any atom is -0.494 e. The molecule has 0 aliphatic carbocycles. The summed E-state index contributed by atoms with van der Waals surface area (Å²) in [5.41, 5.74) is 8.37. The molecule has 38 heavy (non-hydrogen) atoms. The number of aliphatic hydroxyl groups is 1. The van der Waals surface area contributed by atoms with Gasteiger partial charge in [0.2, 0.25) is 5.90 Å². The van der Waals surface area contributed by atoms with E-state index in [-0.39, 0.29) is 12.5 Å². The van der Waals surface area contributed by atoms with Crippen molar-refractivity contribution < 1.29 is 19.4 Å². The number of ether oxygens (including phenoxy) is 2. The first-order chi connectivity index (χ1) is 18.6. The van der Waals surface area contributed by atoms with Gasteiger partial charge in [0.25, 0.3) is 5.91 Å². The summed E-state index contributed by atoms with van der Waals surface area (Å²) in [4.78, 5) is 18.5. The Hall–Kier alpha value is -3.94.